The van der Waals surface area contributed by atoms with E-state index in [0.717, 1.165) is 17.4 Å². The maximum Gasteiger partial charge on any atom is 0.240 e. The highest BCUT2D eigenvalue weighted by Crippen LogP contribution is 2.49. The van der Waals surface area contributed by atoms with Gasteiger partial charge in [0.25, 0.3) is 0 Å². The predicted molar refractivity (Wildman–Crippen MR) is 79.9 cm³/mol. The average molecular weight is 293 g/mol. The van der Waals surface area contributed by atoms with Crippen LogP contribution in [0.25, 0.3) is 0 Å². The van der Waals surface area contributed by atoms with Crippen LogP contribution in [0.5, 0.6) is 0 Å². The van der Waals surface area contributed by atoms with Gasteiger partial charge in [-0.25, -0.2) is 13.1 Å². The third-order valence-electron chi connectivity index (χ3n) is 5.11. The normalized spacial score (nSPS) is 30.6. The number of benzene rings is 1. The molecule has 3 rings (SSSR count). The van der Waals surface area contributed by atoms with Crippen LogP contribution in [0.15, 0.2) is 29.2 Å². The SMILES string of the molecule is Cc1ccc(S(=O)(=O)NC(C)C2CC3CCC2C3)cc1. The molecule has 0 amide bonds. The van der Waals surface area contributed by atoms with E-state index in [1.165, 1.54) is 25.7 Å². The lowest BCUT2D eigenvalue weighted by molar-refractivity contribution is 0.280. The fraction of sp³-hybridized carbons (Fsp3) is 0.625. The Morgan fingerprint density at radius 1 is 1.15 bits per heavy atom. The second kappa shape index (κ2) is 5.15. The van der Waals surface area contributed by atoms with Crippen LogP contribution in [-0.4, -0.2) is 14.5 Å². The lowest BCUT2D eigenvalue weighted by Crippen LogP contribution is -2.40. The van der Waals surface area contributed by atoms with Gasteiger partial charge in [-0.15, -0.1) is 0 Å². The Morgan fingerprint density at radius 2 is 1.85 bits per heavy atom. The van der Waals surface area contributed by atoms with E-state index in [2.05, 4.69) is 4.72 Å². The Labute approximate surface area is 121 Å². The second-order valence-electron chi connectivity index (χ2n) is 6.56. The molecule has 2 saturated carbocycles. The lowest BCUT2D eigenvalue weighted by Gasteiger charge is -2.28. The molecule has 110 valence electrons. The van der Waals surface area contributed by atoms with Gasteiger partial charge in [0.15, 0.2) is 0 Å². The Hall–Kier alpha value is -0.870. The Bertz CT molecular complexity index is 579. The summed E-state index contributed by atoms with van der Waals surface area (Å²) >= 11 is 0. The van der Waals surface area contributed by atoms with Gasteiger partial charge < -0.3 is 0 Å². The third kappa shape index (κ3) is 2.63. The first kappa shape index (κ1) is 14.1. The van der Waals surface area contributed by atoms with Crippen molar-refractivity contribution in [2.45, 2.75) is 50.5 Å². The molecular formula is C16H23NO2S. The molecule has 2 aliphatic carbocycles. The van der Waals surface area contributed by atoms with Gasteiger partial charge in [-0.1, -0.05) is 24.1 Å². The largest absolute Gasteiger partial charge is 0.240 e. The maximum absolute atomic E-state index is 12.4. The molecule has 4 unspecified atom stereocenters. The molecule has 0 radical (unpaired) electrons. The highest BCUT2D eigenvalue weighted by Gasteiger charge is 2.42. The first-order valence-corrected chi connectivity index (χ1v) is 9.03. The molecule has 4 atom stereocenters. The van der Waals surface area contributed by atoms with Crippen molar-refractivity contribution in [3.8, 4) is 0 Å². The van der Waals surface area contributed by atoms with Crippen molar-refractivity contribution in [1.82, 2.24) is 4.72 Å². The number of aryl methyl sites for hydroxylation is 1. The fourth-order valence-corrected chi connectivity index (χ4v) is 5.32. The van der Waals surface area contributed by atoms with Crippen LogP contribution in [0, 0.1) is 24.7 Å². The van der Waals surface area contributed by atoms with E-state index in [4.69, 9.17) is 0 Å². The van der Waals surface area contributed by atoms with Gasteiger partial charge in [0.2, 0.25) is 10.0 Å². The van der Waals surface area contributed by atoms with E-state index in [1.807, 2.05) is 26.0 Å². The molecule has 4 heteroatoms. The van der Waals surface area contributed by atoms with E-state index in [9.17, 15) is 8.42 Å². The highest BCUT2D eigenvalue weighted by molar-refractivity contribution is 7.89. The third-order valence-corrected chi connectivity index (χ3v) is 6.68. The van der Waals surface area contributed by atoms with Gasteiger partial charge in [0, 0.05) is 6.04 Å². The van der Waals surface area contributed by atoms with Crippen LogP contribution in [0.2, 0.25) is 0 Å². The topological polar surface area (TPSA) is 46.2 Å². The zero-order chi connectivity index (χ0) is 14.3. The zero-order valence-corrected chi connectivity index (χ0v) is 13.0. The quantitative estimate of drug-likeness (QED) is 0.927. The van der Waals surface area contributed by atoms with Crippen LogP contribution in [0.1, 0.15) is 38.2 Å². The summed E-state index contributed by atoms with van der Waals surface area (Å²) in [4.78, 5) is 0.373. The maximum atomic E-state index is 12.4. The number of hydrogen-bond donors (Lipinski definition) is 1. The molecule has 1 N–H and O–H groups in total. The summed E-state index contributed by atoms with van der Waals surface area (Å²) in [5, 5.41) is 0. The molecule has 0 heterocycles. The number of nitrogens with one attached hydrogen (secondary N) is 1. The lowest BCUT2D eigenvalue weighted by atomic mass is 9.84. The Balaban J connectivity index is 1.71. The first-order valence-electron chi connectivity index (χ1n) is 7.55. The summed E-state index contributed by atoms with van der Waals surface area (Å²) in [6, 6.07) is 7.10. The summed E-state index contributed by atoms with van der Waals surface area (Å²) in [6.07, 6.45) is 5.13. The smallest absolute Gasteiger partial charge is 0.208 e. The first-order chi connectivity index (χ1) is 9.45. The van der Waals surface area contributed by atoms with Crippen molar-refractivity contribution in [3.63, 3.8) is 0 Å². The van der Waals surface area contributed by atoms with Crippen LogP contribution in [-0.2, 0) is 10.0 Å². The Kier molecular flexibility index (Phi) is 3.63. The molecule has 0 aromatic heterocycles. The molecule has 0 saturated heterocycles. The van der Waals surface area contributed by atoms with Crippen molar-refractivity contribution in [3.05, 3.63) is 29.8 Å². The zero-order valence-electron chi connectivity index (χ0n) is 12.2. The molecule has 2 fully saturated rings. The predicted octanol–water partition coefficient (Wildman–Crippen LogP) is 3.10. The fourth-order valence-electron chi connectivity index (χ4n) is 4.02. The summed E-state index contributed by atoms with van der Waals surface area (Å²) in [5.41, 5.74) is 1.07. The number of hydrogen-bond acceptors (Lipinski definition) is 2. The summed E-state index contributed by atoms with van der Waals surface area (Å²) in [7, 11) is -3.38. The summed E-state index contributed by atoms with van der Waals surface area (Å²) < 4.78 is 27.7. The van der Waals surface area contributed by atoms with Gasteiger partial charge in [0.1, 0.15) is 0 Å². The minimum Gasteiger partial charge on any atom is -0.208 e. The molecule has 3 nitrogen and oxygen atoms in total. The number of rotatable bonds is 4. The van der Waals surface area contributed by atoms with Crippen molar-refractivity contribution in [2.75, 3.05) is 0 Å². The van der Waals surface area contributed by atoms with Crippen LogP contribution >= 0.6 is 0 Å². The van der Waals surface area contributed by atoms with Gasteiger partial charge >= 0.3 is 0 Å². The highest BCUT2D eigenvalue weighted by atomic mass is 32.2. The molecule has 2 bridgehead atoms. The number of fused-ring (bicyclic) bond motifs is 2. The van der Waals surface area contributed by atoms with Crippen molar-refractivity contribution < 1.29 is 8.42 Å². The minimum atomic E-state index is -3.38. The molecular weight excluding hydrogens is 270 g/mol. The summed E-state index contributed by atoms with van der Waals surface area (Å²) in [6.45, 7) is 3.98. The van der Waals surface area contributed by atoms with Crippen LogP contribution in [0.4, 0.5) is 0 Å². The molecule has 0 aliphatic heterocycles. The van der Waals surface area contributed by atoms with Crippen molar-refractivity contribution in [2.24, 2.45) is 17.8 Å². The molecule has 1 aromatic rings. The molecule has 0 spiro atoms. The van der Waals surface area contributed by atoms with E-state index in [0.29, 0.717) is 10.8 Å². The van der Waals surface area contributed by atoms with Gasteiger partial charge in [-0.3, -0.25) is 0 Å². The van der Waals surface area contributed by atoms with Crippen LogP contribution < -0.4 is 4.72 Å². The summed E-state index contributed by atoms with van der Waals surface area (Å²) in [5.74, 6) is 2.10. The molecule has 20 heavy (non-hydrogen) atoms. The standard InChI is InChI=1S/C16H23NO2S/c1-11-3-7-15(8-4-11)20(18,19)17-12(2)16-10-13-5-6-14(16)9-13/h3-4,7-8,12-14,16-17H,5-6,9-10H2,1-2H3. The van der Waals surface area contributed by atoms with Crippen LogP contribution in [0.3, 0.4) is 0 Å². The van der Waals surface area contributed by atoms with Gasteiger partial charge in [-0.2, -0.15) is 0 Å². The average Bonchev–Trinajstić information content (AvgIpc) is 3.01. The minimum absolute atomic E-state index is 0.0385. The number of sulfonamides is 1. The molecule has 2 aliphatic rings. The monoisotopic (exact) mass is 293 g/mol. The Morgan fingerprint density at radius 3 is 2.40 bits per heavy atom. The second-order valence-corrected chi connectivity index (χ2v) is 8.28. The van der Waals surface area contributed by atoms with Gasteiger partial charge in [-0.05, 0) is 63.0 Å². The van der Waals surface area contributed by atoms with Crippen molar-refractivity contribution in [1.29, 1.82) is 0 Å². The van der Waals surface area contributed by atoms with Crippen molar-refractivity contribution >= 4 is 10.0 Å². The van der Waals surface area contributed by atoms with Gasteiger partial charge in [0.05, 0.1) is 4.90 Å². The van der Waals surface area contributed by atoms with E-state index in [-0.39, 0.29) is 6.04 Å². The molecule has 1 aromatic carbocycles. The van der Waals surface area contributed by atoms with E-state index in [1.54, 1.807) is 12.1 Å². The van der Waals surface area contributed by atoms with E-state index >= 15 is 0 Å². The van der Waals surface area contributed by atoms with E-state index < -0.39 is 10.0 Å².